The van der Waals surface area contributed by atoms with Crippen LogP contribution in [0.5, 0.6) is 11.5 Å². The lowest BCUT2D eigenvalue weighted by molar-refractivity contribution is 0.355. The lowest BCUT2D eigenvalue weighted by Crippen LogP contribution is -2.19. The van der Waals surface area contributed by atoms with Crippen LogP contribution in [-0.4, -0.2) is 61.3 Å². The molecule has 0 amide bonds. The Hall–Kier alpha value is -4.20. The van der Waals surface area contributed by atoms with Crippen LogP contribution in [0.25, 0.3) is 33.8 Å². The summed E-state index contributed by atoms with van der Waals surface area (Å²) in [7, 11) is 7.27. The standard InChI is InChI=1S/C29H32N6O2/c1-19(28-31-22-11-7-6-10-21(22)29(33-28)34(2)3)16-26-30-23(18-27(32-26)35-14-8-9-15-35)20-12-13-24(36-4)25(17-20)37-5/h6-7,10-13,16-18H,8-9,14-15H2,1-5H3. The number of nitrogens with zero attached hydrogens (tertiary/aromatic N) is 6. The van der Waals surface area contributed by atoms with Crippen molar-refractivity contribution in [3.05, 3.63) is 60.2 Å². The summed E-state index contributed by atoms with van der Waals surface area (Å²) in [6, 6.07) is 16.0. The summed E-state index contributed by atoms with van der Waals surface area (Å²) in [5.74, 6) is 4.42. The van der Waals surface area contributed by atoms with Crippen molar-refractivity contribution in [2.45, 2.75) is 19.8 Å². The topological polar surface area (TPSA) is 76.5 Å². The lowest BCUT2D eigenvalue weighted by atomic mass is 10.1. The van der Waals surface area contributed by atoms with Gasteiger partial charge < -0.3 is 19.3 Å². The predicted molar refractivity (Wildman–Crippen MR) is 149 cm³/mol. The van der Waals surface area contributed by atoms with Gasteiger partial charge in [-0.2, -0.15) is 0 Å². The summed E-state index contributed by atoms with van der Waals surface area (Å²) in [5.41, 5.74) is 3.56. The maximum Gasteiger partial charge on any atom is 0.161 e. The fourth-order valence-electron chi connectivity index (χ4n) is 4.60. The van der Waals surface area contributed by atoms with Crippen molar-refractivity contribution >= 4 is 34.2 Å². The monoisotopic (exact) mass is 496 g/mol. The Morgan fingerprint density at radius 1 is 0.892 bits per heavy atom. The zero-order valence-corrected chi connectivity index (χ0v) is 22.0. The zero-order valence-electron chi connectivity index (χ0n) is 22.0. The van der Waals surface area contributed by atoms with Crippen LogP contribution in [0.15, 0.2) is 48.5 Å². The highest BCUT2D eigenvalue weighted by Crippen LogP contribution is 2.33. The smallest absolute Gasteiger partial charge is 0.161 e. The van der Waals surface area contributed by atoms with Crippen LogP contribution in [0.3, 0.4) is 0 Å². The minimum absolute atomic E-state index is 0.620. The second-order valence-electron chi connectivity index (χ2n) is 9.34. The average Bonchev–Trinajstić information content (AvgIpc) is 3.47. The number of anilines is 2. The molecule has 0 radical (unpaired) electrons. The summed E-state index contributed by atoms with van der Waals surface area (Å²) < 4.78 is 11.0. The molecule has 8 nitrogen and oxygen atoms in total. The van der Waals surface area contributed by atoms with Crippen LogP contribution in [0.4, 0.5) is 11.6 Å². The molecule has 1 fully saturated rings. The van der Waals surface area contributed by atoms with E-state index in [1.165, 1.54) is 0 Å². The predicted octanol–water partition coefficient (Wildman–Crippen LogP) is 5.33. The van der Waals surface area contributed by atoms with Crippen molar-refractivity contribution < 1.29 is 9.47 Å². The molecule has 190 valence electrons. The van der Waals surface area contributed by atoms with E-state index in [0.29, 0.717) is 23.1 Å². The molecular formula is C29H32N6O2. The molecule has 1 aliphatic heterocycles. The van der Waals surface area contributed by atoms with Gasteiger partial charge in [0.05, 0.1) is 25.4 Å². The van der Waals surface area contributed by atoms with Crippen LogP contribution in [0.2, 0.25) is 0 Å². The van der Waals surface area contributed by atoms with Gasteiger partial charge in [0, 0.05) is 44.2 Å². The van der Waals surface area contributed by atoms with Gasteiger partial charge in [-0.1, -0.05) is 12.1 Å². The number of hydrogen-bond acceptors (Lipinski definition) is 8. The van der Waals surface area contributed by atoms with Gasteiger partial charge in [-0.15, -0.1) is 0 Å². The molecule has 0 N–H and O–H groups in total. The summed E-state index contributed by atoms with van der Waals surface area (Å²) in [6.07, 6.45) is 4.30. The van der Waals surface area contributed by atoms with Crippen LogP contribution < -0.4 is 19.3 Å². The zero-order chi connectivity index (χ0) is 25.9. The van der Waals surface area contributed by atoms with Crippen molar-refractivity contribution in [3.63, 3.8) is 0 Å². The molecule has 3 heterocycles. The fourth-order valence-corrected chi connectivity index (χ4v) is 4.60. The van der Waals surface area contributed by atoms with Crippen LogP contribution in [0, 0.1) is 0 Å². The van der Waals surface area contributed by atoms with Gasteiger partial charge in [0.2, 0.25) is 0 Å². The van der Waals surface area contributed by atoms with E-state index in [4.69, 9.17) is 29.4 Å². The van der Waals surface area contributed by atoms with E-state index in [-0.39, 0.29) is 0 Å². The molecular weight excluding hydrogens is 464 g/mol. The van der Waals surface area contributed by atoms with Gasteiger partial charge in [0.1, 0.15) is 11.6 Å². The maximum absolute atomic E-state index is 5.54. The lowest BCUT2D eigenvalue weighted by Gasteiger charge is -2.18. The molecule has 0 aliphatic carbocycles. The third kappa shape index (κ3) is 5.05. The summed E-state index contributed by atoms with van der Waals surface area (Å²) in [5, 5.41) is 1.02. The van der Waals surface area contributed by atoms with Gasteiger partial charge in [-0.05, 0) is 61.7 Å². The van der Waals surface area contributed by atoms with Gasteiger partial charge in [-0.25, -0.2) is 19.9 Å². The molecule has 2 aromatic heterocycles. The molecule has 2 aromatic carbocycles. The molecule has 0 atom stereocenters. The van der Waals surface area contributed by atoms with Crippen LogP contribution in [0.1, 0.15) is 31.4 Å². The number of aromatic nitrogens is 4. The number of methoxy groups -OCH3 is 2. The number of fused-ring (bicyclic) bond motifs is 1. The number of hydrogen-bond donors (Lipinski definition) is 0. The molecule has 37 heavy (non-hydrogen) atoms. The van der Waals surface area contributed by atoms with E-state index < -0.39 is 0 Å². The quantitative estimate of drug-likeness (QED) is 0.340. The maximum atomic E-state index is 5.54. The minimum Gasteiger partial charge on any atom is -0.493 e. The van der Waals surface area contributed by atoms with Crippen LogP contribution in [-0.2, 0) is 0 Å². The highest BCUT2D eigenvalue weighted by molar-refractivity contribution is 5.91. The highest BCUT2D eigenvalue weighted by atomic mass is 16.5. The van der Waals surface area contributed by atoms with Crippen molar-refractivity contribution in [2.24, 2.45) is 0 Å². The Balaban J connectivity index is 1.61. The molecule has 4 aromatic rings. The van der Waals surface area contributed by atoms with Crippen molar-refractivity contribution in [3.8, 4) is 22.8 Å². The minimum atomic E-state index is 0.620. The number of rotatable bonds is 7. The number of ether oxygens (including phenoxy) is 2. The molecule has 8 heteroatoms. The third-order valence-electron chi connectivity index (χ3n) is 6.54. The molecule has 1 aliphatic rings. The molecule has 0 spiro atoms. The van der Waals surface area contributed by atoms with Gasteiger partial charge in [0.25, 0.3) is 0 Å². The van der Waals surface area contributed by atoms with Gasteiger partial charge in [0.15, 0.2) is 23.1 Å². The molecule has 0 bridgehead atoms. The van der Waals surface area contributed by atoms with Gasteiger partial charge >= 0.3 is 0 Å². The Labute approximate surface area is 217 Å². The van der Waals surface area contributed by atoms with Crippen molar-refractivity contribution in [1.29, 1.82) is 0 Å². The van der Waals surface area contributed by atoms with E-state index >= 15 is 0 Å². The Kier molecular flexibility index (Phi) is 6.90. The normalized spacial score (nSPS) is 13.8. The van der Waals surface area contributed by atoms with E-state index in [0.717, 1.165) is 65.3 Å². The summed E-state index contributed by atoms with van der Waals surface area (Å²) >= 11 is 0. The molecule has 0 unspecified atom stereocenters. The van der Waals surface area contributed by atoms with E-state index in [2.05, 4.69) is 11.0 Å². The number of allylic oxidation sites excluding steroid dienone is 1. The second-order valence-corrected chi connectivity index (χ2v) is 9.34. The average molecular weight is 497 g/mol. The van der Waals surface area contributed by atoms with Crippen molar-refractivity contribution in [2.75, 3.05) is 51.2 Å². The largest absolute Gasteiger partial charge is 0.493 e. The Morgan fingerprint density at radius 2 is 1.65 bits per heavy atom. The van der Waals surface area contributed by atoms with E-state index in [1.54, 1.807) is 14.2 Å². The number of benzene rings is 2. The second kappa shape index (κ2) is 10.4. The summed E-state index contributed by atoms with van der Waals surface area (Å²) in [4.78, 5) is 23.9. The Morgan fingerprint density at radius 3 is 2.38 bits per heavy atom. The van der Waals surface area contributed by atoms with Crippen LogP contribution >= 0.6 is 0 Å². The third-order valence-corrected chi connectivity index (χ3v) is 6.54. The molecule has 0 saturated carbocycles. The first kappa shape index (κ1) is 24.5. The van der Waals surface area contributed by atoms with Gasteiger partial charge in [-0.3, -0.25) is 0 Å². The fraction of sp³-hybridized carbons (Fsp3) is 0.310. The first-order valence-electron chi connectivity index (χ1n) is 12.5. The van der Waals surface area contributed by atoms with E-state index in [1.807, 2.05) is 74.5 Å². The number of para-hydroxylation sites is 1. The van der Waals surface area contributed by atoms with E-state index in [9.17, 15) is 0 Å². The first-order valence-corrected chi connectivity index (χ1v) is 12.5. The molecule has 5 rings (SSSR count). The summed E-state index contributed by atoms with van der Waals surface area (Å²) in [6.45, 7) is 3.99. The highest BCUT2D eigenvalue weighted by Gasteiger charge is 2.18. The SMILES string of the molecule is COc1ccc(-c2cc(N3CCCC3)nc(C=C(C)c3nc(N(C)C)c4ccccc4n3)n2)cc1OC. The molecule has 1 saturated heterocycles. The first-order chi connectivity index (χ1) is 18.0. The Bertz CT molecular complexity index is 1460. The van der Waals surface area contributed by atoms with Crippen molar-refractivity contribution in [1.82, 2.24) is 19.9 Å².